The molecule has 1 heterocycles. The second kappa shape index (κ2) is 5.13. The molecular formula is C8H12N4OS2. The van der Waals surface area contributed by atoms with Gasteiger partial charge in [0.2, 0.25) is 11.0 Å². The minimum atomic E-state index is -0.492. The molecule has 0 spiro atoms. The molecule has 0 bridgehead atoms. The standard InChI is InChI=1S/C8H12N4OS2/c1-3-5-11-12-8(15-5)10-7(13)4(2)6(9)14/h4H,3H2,1-2H3,(H2,9,14)(H,10,12,13). The van der Waals surface area contributed by atoms with Crippen LogP contribution in [0, 0.1) is 5.92 Å². The highest BCUT2D eigenvalue weighted by molar-refractivity contribution is 7.80. The molecule has 0 aliphatic rings. The van der Waals surface area contributed by atoms with Crippen molar-refractivity contribution in [2.24, 2.45) is 11.7 Å². The van der Waals surface area contributed by atoms with E-state index in [1.165, 1.54) is 11.3 Å². The molecule has 3 N–H and O–H groups in total. The van der Waals surface area contributed by atoms with Gasteiger partial charge in [-0.15, -0.1) is 10.2 Å². The summed E-state index contributed by atoms with van der Waals surface area (Å²) in [5, 5.41) is 11.7. The van der Waals surface area contributed by atoms with Crippen LogP contribution in [0.1, 0.15) is 18.9 Å². The molecular weight excluding hydrogens is 232 g/mol. The normalized spacial score (nSPS) is 12.1. The fraction of sp³-hybridized carbons (Fsp3) is 0.500. The third kappa shape index (κ3) is 3.21. The van der Waals surface area contributed by atoms with Crippen molar-refractivity contribution in [3.63, 3.8) is 0 Å². The van der Waals surface area contributed by atoms with Crippen LogP contribution in [0.5, 0.6) is 0 Å². The number of nitrogens with two attached hydrogens (primary N) is 1. The summed E-state index contributed by atoms with van der Waals surface area (Å²) in [6.07, 6.45) is 0.804. The van der Waals surface area contributed by atoms with Gasteiger partial charge in [-0.05, 0) is 13.3 Å². The summed E-state index contributed by atoms with van der Waals surface area (Å²) < 4.78 is 0. The molecule has 1 unspecified atom stereocenters. The van der Waals surface area contributed by atoms with Crippen LogP contribution in [0.3, 0.4) is 0 Å². The van der Waals surface area contributed by atoms with Crippen LogP contribution in [0.25, 0.3) is 0 Å². The molecule has 0 radical (unpaired) electrons. The first kappa shape index (κ1) is 12.0. The van der Waals surface area contributed by atoms with Gasteiger partial charge in [0.25, 0.3) is 0 Å². The third-order valence-electron chi connectivity index (χ3n) is 1.82. The maximum atomic E-state index is 11.5. The highest BCUT2D eigenvalue weighted by Gasteiger charge is 2.17. The largest absolute Gasteiger partial charge is 0.393 e. The van der Waals surface area contributed by atoms with E-state index < -0.39 is 5.92 Å². The Bertz CT molecular complexity index is 376. The van der Waals surface area contributed by atoms with Crippen LogP contribution in [0.4, 0.5) is 5.13 Å². The van der Waals surface area contributed by atoms with Gasteiger partial charge < -0.3 is 5.73 Å². The van der Waals surface area contributed by atoms with Gasteiger partial charge in [-0.3, -0.25) is 10.1 Å². The summed E-state index contributed by atoms with van der Waals surface area (Å²) in [6, 6.07) is 0. The molecule has 1 amide bonds. The summed E-state index contributed by atoms with van der Waals surface area (Å²) in [5.74, 6) is -0.740. The third-order valence-corrected chi connectivity index (χ3v) is 3.16. The number of amides is 1. The summed E-state index contributed by atoms with van der Waals surface area (Å²) in [7, 11) is 0. The zero-order valence-electron chi connectivity index (χ0n) is 8.48. The van der Waals surface area contributed by atoms with E-state index >= 15 is 0 Å². The molecule has 5 nitrogen and oxygen atoms in total. The second-order valence-corrected chi connectivity index (χ2v) is 4.50. The van der Waals surface area contributed by atoms with Crippen molar-refractivity contribution in [3.05, 3.63) is 5.01 Å². The SMILES string of the molecule is CCc1nnc(NC(=O)C(C)C(N)=S)s1. The molecule has 0 aliphatic carbocycles. The average molecular weight is 244 g/mol. The second-order valence-electron chi connectivity index (χ2n) is 2.97. The lowest BCUT2D eigenvalue weighted by Gasteiger charge is -2.07. The van der Waals surface area contributed by atoms with Crippen molar-refractivity contribution in [2.45, 2.75) is 20.3 Å². The number of hydrogen-bond acceptors (Lipinski definition) is 5. The summed E-state index contributed by atoms with van der Waals surface area (Å²) in [4.78, 5) is 11.7. The van der Waals surface area contributed by atoms with Crippen LogP contribution in [0.2, 0.25) is 0 Å². The number of anilines is 1. The van der Waals surface area contributed by atoms with Crippen LogP contribution in [0.15, 0.2) is 0 Å². The van der Waals surface area contributed by atoms with E-state index in [1.807, 2.05) is 6.92 Å². The van der Waals surface area contributed by atoms with Crippen molar-refractivity contribution >= 4 is 39.6 Å². The Hall–Kier alpha value is -1.08. The van der Waals surface area contributed by atoms with E-state index in [4.69, 9.17) is 18.0 Å². The number of nitrogens with zero attached hydrogens (tertiary/aromatic N) is 2. The maximum absolute atomic E-state index is 11.5. The molecule has 0 fully saturated rings. The van der Waals surface area contributed by atoms with Gasteiger partial charge in [0.05, 0.1) is 10.9 Å². The van der Waals surface area contributed by atoms with E-state index in [9.17, 15) is 4.79 Å². The van der Waals surface area contributed by atoms with Crippen molar-refractivity contribution in [3.8, 4) is 0 Å². The minimum absolute atomic E-state index is 0.174. The molecule has 7 heteroatoms. The highest BCUT2D eigenvalue weighted by Crippen LogP contribution is 2.16. The Morgan fingerprint density at radius 1 is 1.67 bits per heavy atom. The predicted octanol–water partition coefficient (Wildman–Crippen LogP) is 0.961. The van der Waals surface area contributed by atoms with Crippen molar-refractivity contribution in [1.82, 2.24) is 10.2 Å². The Morgan fingerprint density at radius 3 is 2.80 bits per heavy atom. The van der Waals surface area contributed by atoms with Crippen LogP contribution in [-0.2, 0) is 11.2 Å². The van der Waals surface area contributed by atoms with E-state index in [0.29, 0.717) is 5.13 Å². The number of carbonyl (C=O) groups is 1. The van der Waals surface area contributed by atoms with Crippen LogP contribution in [-0.4, -0.2) is 21.1 Å². The van der Waals surface area contributed by atoms with E-state index in [2.05, 4.69) is 15.5 Å². The molecule has 0 aromatic carbocycles. The monoisotopic (exact) mass is 244 g/mol. The fourth-order valence-electron chi connectivity index (χ4n) is 0.790. The lowest BCUT2D eigenvalue weighted by Crippen LogP contribution is -2.30. The molecule has 1 aromatic heterocycles. The van der Waals surface area contributed by atoms with E-state index in [1.54, 1.807) is 6.92 Å². The van der Waals surface area contributed by atoms with Gasteiger partial charge in [-0.2, -0.15) is 0 Å². The zero-order chi connectivity index (χ0) is 11.4. The van der Waals surface area contributed by atoms with Gasteiger partial charge in [0.15, 0.2) is 0 Å². The molecule has 82 valence electrons. The minimum Gasteiger partial charge on any atom is -0.393 e. The van der Waals surface area contributed by atoms with Crippen LogP contribution >= 0.6 is 23.6 Å². The van der Waals surface area contributed by atoms with Gasteiger partial charge in [0, 0.05) is 0 Å². The van der Waals surface area contributed by atoms with Crippen molar-refractivity contribution < 1.29 is 4.79 Å². The molecule has 1 atom stereocenters. The Labute approximate surface area is 97.1 Å². The number of thiocarbonyl (C=S) groups is 1. The molecule has 15 heavy (non-hydrogen) atoms. The molecule has 0 saturated carbocycles. The Morgan fingerprint density at radius 2 is 2.33 bits per heavy atom. The first-order valence-corrected chi connectivity index (χ1v) is 5.69. The van der Waals surface area contributed by atoms with E-state index in [-0.39, 0.29) is 10.9 Å². The Balaban J connectivity index is 2.62. The van der Waals surface area contributed by atoms with Gasteiger partial charge >= 0.3 is 0 Å². The fourth-order valence-corrected chi connectivity index (χ4v) is 1.58. The first-order valence-electron chi connectivity index (χ1n) is 4.47. The number of hydrogen-bond donors (Lipinski definition) is 2. The number of aryl methyl sites for hydroxylation is 1. The summed E-state index contributed by atoms with van der Waals surface area (Å²) in [5.41, 5.74) is 5.36. The van der Waals surface area contributed by atoms with Crippen molar-refractivity contribution in [2.75, 3.05) is 5.32 Å². The molecule has 0 saturated heterocycles. The first-order chi connectivity index (χ1) is 7.04. The summed E-state index contributed by atoms with van der Waals surface area (Å²) >= 11 is 6.08. The van der Waals surface area contributed by atoms with Gasteiger partial charge in [-0.25, -0.2) is 0 Å². The predicted molar refractivity (Wildman–Crippen MR) is 63.9 cm³/mol. The van der Waals surface area contributed by atoms with Crippen LogP contribution < -0.4 is 11.1 Å². The smallest absolute Gasteiger partial charge is 0.235 e. The Kier molecular flexibility index (Phi) is 4.10. The lowest BCUT2D eigenvalue weighted by atomic mass is 10.2. The molecule has 1 aromatic rings. The highest BCUT2D eigenvalue weighted by atomic mass is 32.1. The average Bonchev–Trinajstić information content (AvgIpc) is 2.64. The van der Waals surface area contributed by atoms with E-state index in [0.717, 1.165) is 11.4 Å². The summed E-state index contributed by atoms with van der Waals surface area (Å²) in [6.45, 7) is 3.63. The number of rotatable bonds is 4. The number of aromatic nitrogens is 2. The topological polar surface area (TPSA) is 80.9 Å². The quantitative estimate of drug-likeness (QED) is 0.771. The molecule has 0 aliphatic heterocycles. The molecule has 1 rings (SSSR count). The van der Waals surface area contributed by atoms with Gasteiger partial charge in [0.1, 0.15) is 5.01 Å². The lowest BCUT2D eigenvalue weighted by molar-refractivity contribution is -0.117. The van der Waals surface area contributed by atoms with Gasteiger partial charge in [-0.1, -0.05) is 30.5 Å². The zero-order valence-corrected chi connectivity index (χ0v) is 10.1. The number of nitrogens with one attached hydrogen (secondary N) is 1. The van der Waals surface area contributed by atoms with Crippen molar-refractivity contribution in [1.29, 1.82) is 0 Å². The maximum Gasteiger partial charge on any atom is 0.235 e. The number of carbonyl (C=O) groups excluding carboxylic acids is 1.